The molecular weight excluding hydrogens is 250 g/mol. The highest BCUT2D eigenvalue weighted by Crippen LogP contribution is 2.11. The van der Waals surface area contributed by atoms with Gasteiger partial charge in [-0.1, -0.05) is 37.6 Å². The summed E-state index contributed by atoms with van der Waals surface area (Å²) < 4.78 is 0. The molecule has 0 amide bonds. The quantitative estimate of drug-likeness (QED) is 0.847. The Morgan fingerprint density at radius 3 is 2.25 bits per heavy atom. The molecule has 0 atom stereocenters. The monoisotopic (exact) mass is 271 g/mol. The zero-order chi connectivity index (χ0) is 14.4. The summed E-state index contributed by atoms with van der Waals surface area (Å²) >= 11 is 0. The van der Waals surface area contributed by atoms with Gasteiger partial charge in [-0.3, -0.25) is 4.79 Å². The molecule has 0 radical (unpaired) electrons. The molecule has 0 unspecified atom stereocenters. The van der Waals surface area contributed by atoms with Crippen molar-refractivity contribution in [3.8, 4) is 5.75 Å². The van der Waals surface area contributed by atoms with Gasteiger partial charge < -0.3 is 10.1 Å². The van der Waals surface area contributed by atoms with Crippen molar-refractivity contribution in [3.05, 3.63) is 63.6 Å². The van der Waals surface area contributed by atoms with Crippen molar-refractivity contribution in [3.63, 3.8) is 0 Å². The lowest BCUT2D eigenvalue weighted by Gasteiger charge is -2.05. The summed E-state index contributed by atoms with van der Waals surface area (Å²) in [5.74, 6) is 0.0265. The number of hydrogen-bond acceptors (Lipinski definition) is 2. The summed E-state index contributed by atoms with van der Waals surface area (Å²) in [6, 6.07) is 11.4. The fourth-order valence-corrected chi connectivity index (χ4v) is 2.25. The van der Waals surface area contributed by atoms with Gasteiger partial charge in [-0.05, 0) is 42.9 Å². The first-order chi connectivity index (χ1) is 9.67. The molecule has 1 heterocycles. The van der Waals surface area contributed by atoms with Crippen molar-refractivity contribution in [1.82, 2.24) is 4.98 Å². The number of rotatable bonds is 6. The third kappa shape index (κ3) is 4.26. The number of aromatic nitrogens is 1. The van der Waals surface area contributed by atoms with Crippen molar-refractivity contribution >= 4 is 0 Å². The van der Waals surface area contributed by atoms with Crippen LogP contribution in [-0.4, -0.2) is 10.1 Å². The molecule has 2 aromatic rings. The van der Waals surface area contributed by atoms with Gasteiger partial charge in [-0.15, -0.1) is 0 Å². The lowest BCUT2D eigenvalue weighted by Crippen LogP contribution is -2.07. The van der Waals surface area contributed by atoms with Crippen molar-refractivity contribution in [2.45, 2.75) is 39.0 Å². The Labute approximate surface area is 119 Å². The normalized spacial score (nSPS) is 10.7. The first kappa shape index (κ1) is 14.4. The van der Waals surface area contributed by atoms with Gasteiger partial charge in [-0.25, -0.2) is 0 Å². The Balaban J connectivity index is 1.95. The molecule has 3 nitrogen and oxygen atoms in total. The van der Waals surface area contributed by atoms with E-state index in [4.69, 9.17) is 0 Å². The van der Waals surface area contributed by atoms with Crippen LogP contribution in [0.5, 0.6) is 5.75 Å². The van der Waals surface area contributed by atoms with Gasteiger partial charge in [0.1, 0.15) is 5.75 Å². The maximum absolute atomic E-state index is 11.3. The minimum absolute atomic E-state index is 0.0265. The zero-order valence-corrected chi connectivity index (χ0v) is 11.9. The second-order valence-corrected chi connectivity index (χ2v) is 5.15. The number of nitrogens with one attached hydrogen (secondary N) is 1. The maximum atomic E-state index is 11.3. The van der Waals surface area contributed by atoms with Crippen molar-refractivity contribution in [2.24, 2.45) is 0 Å². The Bertz CT molecular complexity index is 599. The van der Waals surface area contributed by atoms with Crippen molar-refractivity contribution in [2.75, 3.05) is 0 Å². The van der Waals surface area contributed by atoms with E-state index in [0.717, 1.165) is 25.0 Å². The second kappa shape index (κ2) is 6.94. The number of aryl methyl sites for hydroxylation is 3. The van der Waals surface area contributed by atoms with Crippen LogP contribution in [0.3, 0.4) is 0 Å². The highest BCUT2D eigenvalue weighted by atomic mass is 16.3. The van der Waals surface area contributed by atoms with E-state index >= 15 is 0 Å². The van der Waals surface area contributed by atoms with E-state index in [0.29, 0.717) is 0 Å². The molecule has 1 aromatic carbocycles. The Morgan fingerprint density at radius 2 is 1.65 bits per heavy atom. The molecule has 0 bridgehead atoms. The molecule has 0 aliphatic carbocycles. The van der Waals surface area contributed by atoms with E-state index in [9.17, 15) is 9.90 Å². The van der Waals surface area contributed by atoms with Crippen molar-refractivity contribution in [1.29, 1.82) is 0 Å². The minimum atomic E-state index is -0.255. The fourth-order valence-electron chi connectivity index (χ4n) is 2.25. The average Bonchev–Trinajstić information content (AvgIpc) is 2.43. The van der Waals surface area contributed by atoms with E-state index < -0.39 is 0 Å². The van der Waals surface area contributed by atoms with E-state index in [1.807, 2.05) is 0 Å². The molecule has 0 aliphatic rings. The number of benzene rings is 1. The minimum Gasteiger partial charge on any atom is -0.508 e. The van der Waals surface area contributed by atoms with E-state index in [-0.39, 0.29) is 11.3 Å². The Hall–Kier alpha value is -2.03. The van der Waals surface area contributed by atoms with Gasteiger partial charge in [-0.2, -0.15) is 0 Å². The topological polar surface area (TPSA) is 53.1 Å². The summed E-state index contributed by atoms with van der Waals surface area (Å²) in [4.78, 5) is 14.0. The van der Waals surface area contributed by atoms with Gasteiger partial charge in [0.05, 0.1) is 0 Å². The van der Waals surface area contributed by atoms with Crippen LogP contribution in [0.2, 0.25) is 0 Å². The highest BCUT2D eigenvalue weighted by molar-refractivity contribution is 5.25. The van der Waals surface area contributed by atoms with E-state index in [1.165, 1.54) is 30.0 Å². The number of unbranched alkanes of at least 4 members (excludes halogenated alkanes) is 1. The first-order valence-corrected chi connectivity index (χ1v) is 7.17. The molecule has 0 saturated heterocycles. The van der Waals surface area contributed by atoms with Crippen LogP contribution in [0.25, 0.3) is 0 Å². The molecule has 3 heteroatoms. The van der Waals surface area contributed by atoms with Crippen LogP contribution in [0.4, 0.5) is 0 Å². The predicted molar refractivity (Wildman–Crippen MR) is 81.2 cm³/mol. The predicted octanol–water partition coefficient (Wildman–Crippen LogP) is 3.21. The van der Waals surface area contributed by atoms with Gasteiger partial charge in [0.25, 0.3) is 5.56 Å². The van der Waals surface area contributed by atoms with Crippen LogP contribution in [-0.2, 0) is 19.3 Å². The summed E-state index contributed by atoms with van der Waals surface area (Å²) in [5, 5.41) is 9.39. The van der Waals surface area contributed by atoms with E-state index in [2.05, 4.69) is 36.2 Å². The average molecular weight is 271 g/mol. The number of aromatic amines is 1. The molecule has 0 fully saturated rings. The van der Waals surface area contributed by atoms with Crippen LogP contribution in [0, 0.1) is 0 Å². The lowest BCUT2D eigenvalue weighted by atomic mass is 10.0. The number of aromatic hydroxyl groups is 1. The summed E-state index contributed by atoms with van der Waals surface area (Å²) in [6.07, 6.45) is 5.15. The number of pyridine rings is 1. The van der Waals surface area contributed by atoms with Crippen LogP contribution >= 0.6 is 0 Å². The Kier molecular flexibility index (Phi) is 4.99. The smallest absolute Gasteiger partial charge is 0.251 e. The molecule has 106 valence electrons. The molecular formula is C17H21NO2. The molecule has 2 rings (SSSR count). The summed E-state index contributed by atoms with van der Waals surface area (Å²) in [6.45, 7) is 2.20. The SMILES string of the molecule is CCCCc1ccc(CCc2cc(O)cc(=O)[nH]2)cc1. The maximum Gasteiger partial charge on any atom is 0.251 e. The second-order valence-electron chi connectivity index (χ2n) is 5.15. The molecule has 2 N–H and O–H groups in total. The number of hydrogen-bond donors (Lipinski definition) is 2. The molecule has 1 aromatic heterocycles. The van der Waals surface area contributed by atoms with Gasteiger partial charge in [0.15, 0.2) is 0 Å². The molecule has 0 spiro atoms. The molecule has 0 aliphatic heterocycles. The van der Waals surface area contributed by atoms with Gasteiger partial charge in [0, 0.05) is 11.8 Å². The fraction of sp³-hybridized carbons (Fsp3) is 0.353. The zero-order valence-electron chi connectivity index (χ0n) is 11.9. The Morgan fingerprint density at radius 1 is 1.00 bits per heavy atom. The largest absolute Gasteiger partial charge is 0.508 e. The van der Waals surface area contributed by atoms with Crippen LogP contribution in [0.15, 0.2) is 41.2 Å². The standard InChI is InChI=1S/C17H21NO2/c1-2-3-4-13-5-7-14(8-6-13)9-10-15-11-16(19)12-17(20)18-15/h5-8,11-12H,2-4,9-10H2,1H3,(H2,18,19,20). The third-order valence-corrected chi connectivity index (χ3v) is 3.41. The van der Waals surface area contributed by atoms with Crippen LogP contribution in [0.1, 0.15) is 36.6 Å². The van der Waals surface area contributed by atoms with Crippen molar-refractivity contribution < 1.29 is 5.11 Å². The molecule has 0 saturated carbocycles. The van der Waals surface area contributed by atoms with Gasteiger partial charge in [0.2, 0.25) is 0 Å². The molecule has 20 heavy (non-hydrogen) atoms. The third-order valence-electron chi connectivity index (χ3n) is 3.41. The first-order valence-electron chi connectivity index (χ1n) is 7.17. The van der Waals surface area contributed by atoms with E-state index in [1.54, 1.807) is 6.07 Å². The summed E-state index contributed by atoms with van der Waals surface area (Å²) in [7, 11) is 0. The highest BCUT2D eigenvalue weighted by Gasteiger charge is 2.00. The number of H-pyrrole nitrogens is 1. The van der Waals surface area contributed by atoms with Crippen LogP contribution < -0.4 is 5.56 Å². The van der Waals surface area contributed by atoms with Gasteiger partial charge >= 0.3 is 0 Å². The summed E-state index contributed by atoms with van der Waals surface area (Å²) in [5.41, 5.74) is 3.13. The lowest BCUT2D eigenvalue weighted by molar-refractivity contribution is 0.472.